The molecule has 31 heavy (non-hydrogen) atoms. The van der Waals surface area contributed by atoms with Crippen LogP contribution in [-0.2, 0) is 14.3 Å². The van der Waals surface area contributed by atoms with Gasteiger partial charge >= 0.3 is 0 Å². The molecule has 3 rings (SSSR count). The lowest BCUT2D eigenvalue weighted by Gasteiger charge is -2.25. The molecule has 2 aromatic rings. The van der Waals surface area contributed by atoms with Crippen LogP contribution in [0.15, 0.2) is 54.1 Å². The largest absolute Gasteiger partial charge is 0.507 e. The van der Waals surface area contributed by atoms with Crippen LogP contribution in [-0.4, -0.2) is 59.8 Å². The topological polar surface area (TPSA) is 96.3 Å². The maximum absolute atomic E-state index is 12.9. The van der Waals surface area contributed by atoms with Crippen molar-refractivity contribution in [3.63, 3.8) is 0 Å². The van der Waals surface area contributed by atoms with E-state index in [9.17, 15) is 14.7 Å². The zero-order valence-corrected chi connectivity index (χ0v) is 17.8. The van der Waals surface area contributed by atoms with E-state index in [1.165, 1.54) is 4.90 Å². The SMILES string of the molecule is CCOc1ccc(/C(O)=C2\C(=O)C(=O)N(CCOCCO)[C@H]2c2ccc(Cl)cc2)cc1. The van der Waals surface area contributed by atoms with Crippen LogP contribution < -0.4 is 4.74 Å². The summed E-state index contributed by atoms with van der Waals surface area (Å²) in [6, 6.07) is 12.6. The van der Waals surface area contributed by atoms with E-state index in [1.807, 2.05) is 6.92 Å². The van der Waals surface area contributed by atoms with E-state index in [2.05, 4.69) is 0 Å². The van der Waals surface area contributed by atoms with Gasteiger partial charge in [0.25, 0.3) is 11.7 Å². The van der Waals surface area contributed by atoms with Gasteiger partial charge in [0.2, 0.25) is 0 Å². The number of aliphatic hydroxyl groups excluding tert-OH is 2. The van der Waals surface area contributed by atoms with Crippen LogP contribution in [0.5, 0.6) is 5.75 Å². The summed E-state index contributed by atoms with van der Waals surface area (Å²) in [6.07, 6.45) is 0. The van der Waals surface area contributed by atoms with Crippen molar-refractivity contribution in [1.82, 2.24) is 4.90 Å². The van der Waals surface area contributed by atoms with Crippen LogP contribution in [0.2, 0.25) is 5.02 Å². The molecule has 7 nitrogen and oxygen atoms in total. The molecule has 1 amide bonds. The average Bonchev–Trinajstić information content (AvgIpc) is 3.02. The van der Waals surface area contributed by atoms with Gasteiger partial charge in [0.15, 0.2) is 0 Å². The Kier molecular flexibility index (Phi) is 7.68. The van der Waals surface area contributed by atoms with Crippen molar-refractivity contribution < 1.29 is 29.3 Å². The molecule has 0 aliphatic carbocycles. The molecule has 1 aliphatic rings. The predicted octanol–water partition coefficient (Wildman–Crippen LogP) is 3.17. The molecule has 1 saturated heterocycles. The van der Waals surface area contributed by atoms with Crippen molar-refractivity contribution in [2.45, 2.75) is 13.0 Å². The number of amides is 1. The van der Waals surface area contributed by atoms with Crippen molar-refractivity contribution in [1.29, 1.82) is 0 Å². The van der Waals surface area contributed by atoms with E-state index in [0.717, 1.165) is 0 Å². The molecule has 0 saturated carbocycles. The summed E-state index contributed by atoms with van der Waals surface area (Å²) in [7, 11) is 0. The molecule has 0 bridgehead atoms. The smallest absolute Gasteiger partial charge is 0.295 e. The van der Waals surface area contributed by atoms with Crippen LogP contribution in [0, 0.1) is 0 Å². The first-order valence-corrected chi connectivity index (χ1v) is 10.3. The molecule has 0 radical (unpaired) electrons. The Bertz CT molecular complexity index is 955. The second-order valence-corrected chi connectivity index (χ2v) is 7.27. The van der Waals surface area contributed by atoms with Gasteiger partial charge in [0.05, 0.1) is 38.0 Å². The molecule has 0 unspecified atom stereocenters. The van der Waals surface area contributed by atoms with Gasteiger partial charge in [-0.1, -0.05) is 23.7 Å². The number of ketones is 1. The van der Waals surface area contributed by atoms with Gasteiger partial charge in [-0.2, -0.15) is 0 Å². The molecule has 1 heterocycles. The molecule has 8 heteroatoms. The van der Waals surface area contributed by atoms with Crippen LogP contribution in [0.1, 0.15) is 24.1 Å². The predicted molar refractivity (Wildman–Crippen MR) is 116 cm³/mol. The Morgan fingerprint density at radius 2 is 1.74 bits per heavy atom. The molecule has 2 N–H and O–H groups in total. The summed E-state index contributed by atoms with van der Waals surface area (Å²) < 4.78 is 10.7. The van der Waals surface area contributed by atoms with Crippen molar-refractivity contribution in [3.8, 4) is 5.75 Å². The van der Waals surface area contributed by atoms with Crippen molar-refractivity contribution in [2.75, 3.05) is 33.0 Å². The van der Waals surface area contributed by atoms with Gasteiger partial charge in [-0.25, -0.2) is 0 Å². The maximum Gasteiger partial charge on any atom is 0.295 e. The highest BCUT2D eigenvalue weighted by molar-refractivity contribution is 6.46. The lowest BCUT2D eigenvalue weighted by Crippen LogP contribution is -2.33. The van der Waals surface area contributed by atoms with Gasteiger partial charge in [0.1, 0.15) is 11.5 Å². The van der Waals surface area contributed by atoms with Crippen molar-refractivity contribution >= 4 is 29.1 Å². The van der Waals surface area contributed by atoms with Crippen LogP contribution >= 0.6 is 11.6 Å². The summed E-state index contributed by atoms with van der Waals surface area (Å²) in [5, 5.41) is 20.4. The van der Waals surface area contributed by atoms with Crippen molar-refractivity contribution in [3.05, 3.63) is 70.3 Å². The number of carbonyl (C=O) groups excluding carboxylic acids is 2. The monoisotopic (exact) mass is 445 g/mol. The number of hydrogen-bond acceptors (Lipinski definition) is 6. The van der Waals surface area contributed by atoms with E-state index < -0.39 is 17.7 Å². The minimum atomic E-state index is -0.790. The number of carbonyl (C=O) groups is 2. The van der Waals surface area contributed by atoms with E-state index in [0.29, 0.717) is 28.5 Å². The van der Waals surface area contributed by atoms with Crippen LogP contribution in [0.3, 0.4) is 0 Å². The maximum atomic E-state index is 12.9. The third kappa shape index (κ3) is 5.07. The minimum absolute atomic E-state index is 0.00126. The number of Topliss-reactive ketones (excluding diaryl/α,β-unsaturated/α-hetero) is 1. The van der Waals surface area contributed by atoms with E-state index in [-0.39, 0.29) is 37.7 Å². The van der Waals surface area contributed by atoms with Gasteiger partial charge < -0.3 is 24.6 Å². The quantitative estimate of drug-likeness (QED) is 0.266. The zero-order valence-electron chi connectivity index (χ0n) is 17.1. The van der Waals surface area contributed by atoms with Crippen LogP contribution in [0.4, 0.5) is 0 Å². The molecular formula is C23H24ClNO6. The number of nitrogens with zero attached hydrogens (tertiary/aromatic N) is 1. The molecule has 1 atom stereocenters. The first-order chi connectivity index (χ1) is 15.0. The van der Waals surface area contributed by atoms with E-state index in [4.69, 9.17) is 26.2 Å². The normalized spacial score (nSPS) is 17.9. The summed E-state index contributed by atoms with van der Waals surface area (Å²) in [6.45, 7) is 2.62. The van der Waals surface area contributed by atoms with Gasteiger partial charge in [-0.05, 0) is 48.9 Å². The molecule has 1 aliphatic heterocycles. The Hall–Kier alpha value is -2.87. The fraction of sp³-hybridized carbons (Fsp3) is 0.304. The fourth-order valence-electron chi connectivity index (χ4n) is 3.46. The Labute approximate surface area is 185 Å². The Morgan fingerprint density at radius 3 is 2.35 bits per heavy atom. The van der Waals surface area contributed by atoms with Gasteiger partial charge in [-0.15, -0.1) is 0 Å². The zero-order chi connectivity index (χ0) is 22.4. The number of halogens is 1. The average molecular weight is 446 g/mol. The number of ether oxygens (including phenoxy) is 2. The highest BCUT2D eigenvalue weighted by Gasteiger charge is 2.45. The number of hydrogen-bond donors (Lipinski definition) is 2. The first kappa shape index (κ1) is 22.8. The number of likely N-dealkylation sites (tertiary alicyclic amines) is 1. The summed E-state index contributed by atoms with van der Waals surface area (Å²) in [5.74, 6) is -1.12. The lowest BCUT2D eigenvalue weighted by atomic mass is 9.95. The molecule has 164 valence electrons. The van der Waals surface area contributed by atoms with Crippen LogP contribution in [0.25, 0.3) is 5.76 Å². The van der Waals surface area contributed by atoms with E-state index in [1.54, 1.807) is 48.5 Å². The minimum Gasteiger partial charge on any atom is -0.507 e. The number of aliphatic hydroxyl groups is 2. The molecule has 0 spiro atoms. The Morgan fingerprint density at radius 1 is 1.06 bits per heavy atom. The Balaban J connectivity index is 2.02. The van der Waals surface area contributed by atoms with Gasteiger partial charge in [0, 0.05) is 17.1 Å². The second-order valence-electron chi connectivity index (χ2n) is 6.84. The lowest BCUT2D eigenvalue weighted by molar-refractivity contribution is -0.140. The molecule has 0 aromatic heterocycles. The first-order valence-electron chi connectivity index (χ1n) is 9.93. The number of rotatable bonds is 9. The highest BCUT2D eigenvalue weighted by Crippen LogP contribution is 2.39. The van der Waals surface area contributed by atoms with Crippen molar-refractivity contribution in [2.24, 2.45) is 0 Å². The standard InChI is InChI=1S/C23H24ClNO6/c1-2-31-18-9-5-16(6-10-18)21(27)19-20(15-3-7-17(24)8-4-15)25(23(29)22(19)28)11-13-30-14-12-26/h3-10,20,26-27H,2,11-14H2,1H3/b21-19+/t20-/m0/s1. The van der Waals surface area contributed by atoms with E-state index >= 15 is 0 Å². The molecule has 2 aromatic carbocycles. The fourth-order valence-corrected chi connectivity index (χ4v) is 3.59. The molecule has 1 fully saturated rings. The third-order valence-electron chi connectivity index (χ3n) is 4.88. The summed E-state index contributed by atoms with van der Waals surface area (Å²) >= 11 is 6.00. The summed E-state index contributed by atoms with van der Waals surface area (Å²) in [4.78, 5) is 27.0. The third-order valence-corrected chi connectivity index (χ3v) is 5.13. The number of benzene rings is 2. The summed E-state index contributed by atoms with van der Waals surface area (Å²) in [5.41, 5.74) is 1.04. The second kappa shape index (κ2) is 10.4. The molecular weight excluding hydrogens is 422 g/mol. The highest BCUT2D eigenvalue weighted by atomic mass is 35.5. The van der Waals surface area contributed by atoms with Gasteiger partial charge in [-0.3, -0.25) is 9.59 Å².